The molecule has 0 spiro atoms. The van der Waals surface area contributed by atoms with Crippen LogP contribution >= 0.6 is 0 Å². The first-order valence-electron chi connectivity index (χ1n) is 8.54. The van der Waals surface area contributed by atoms with Crippen molar-refractivity contribution in [2.24, 2.45) is 0 Å². The van der Waals surface area contributed by atoms with Crippen molar-refractivity contribution in [3.05, 3.63) is 59.7 Å². The van der Waals surface area contributed by atoms with E-state index in [0.717, 1.165) is 17.5 Å². The minimum absolute atomic E-state index is 0.0861. The number of hydrogen-bond acceptors (Lipinski definition) is 5. The molecule has 0 aromatic heterocycles. The van der Waals surface area contributed by atoms with Crippen molar-refractivity contribution >= 4 is 0 Å². The summed E-state index contributed by atoms with van der Waals surface area (Å²) in [5, 5.41) is 22.7. The van der Waals surface area contributed by atoms with E-state index in [1.165, 1.54) is 0 Å². The zero-order chi connectivity index (χ0) is 18.1. The fourth-order valence-corrected chi connectivity index (χ4v) is 2.48. The van der Waals surface area contributed by atoms with Crippen LogP contribution in [0.25, 0.3) is 0 Å². The van der Waals surface area contributed by atoms with Crippen LogP contribution < -0.4 is 14.8 Å². The highest BCUT2D eigenvalue weighted by atomic mass is 16.5. The van der Waals surface area contributed by atoms with Gasteiger partial charge in [0.2, 0.25) is 0 Å². The molecule has 2 aromatic carbocycles. The third-order valence-corrected chi connectivity index (χ3v) is 4.12. The van der Waals surface area contributed by atoms with E-state index < -0.39 is 6.10 Å². The molecule has 2 rings (SSSR count). The molecule has 0 amide bonds. The summed E-state index contributed by atoms with van der Waals surface area (Å²) in [6.45, 7) is 2.94. The molecule has 5 heteroatoms. The Labute approximate surface area is 149 Å². The molecule has 0 bridgehead atoms. The number of aliphatic hydroxyl groups is 2. The maximum Gasteiger partial charge on any atom is 0.161 e. The van der Waals surface area contributed by atoms with E-state index in [9.17, 15) is 10.2 Å². The zero-order valence-corrected chi connectivity index (χ0v) is 14.8. The van der Waals surface area contributed by atoms with Crippen molar-refractivity contribution in [2.45, 2.75) is 32.0 Å². The van der Waals surface area contributed by atoms with Gasteiger partial charge in [-0.05, 0) is 29.7 Å². The summed E-state index contributed by atoms with van der Waals surface area (Å²) < 4.78 is 11.1. The van der Waals surface area contributed by atoms with Gasteiger partial charge in [0, 0.05) is 12.6 Å². The monoisotopic (exact) mass is 345 g/mol. The topological polar surface area (TPSA) is 71.0 Å². The van der Waals surface area contributed by atoms with Crippen LogP contribution in [0.3, 0.4) is 0 Å². The van der Waals surface area contributed by atoms with E-state index in [0.29, 0.717) is 18.0 Å². The van der Waals surface area contributed by atoms with Gasteiger partial charge in [-0.15, -0.1) is 0 Å². The Morgan fingerprint density at radius 3 is 2.48 bits per heavy atom. The van der Waals surface area contributed by atoms with Gasteiger partial charge in [-0.3, -0.25) is 0 Å². The summed E-state index contributed by atoms with van der Waals surface area (Å²) in [6, 6.07) is 15.2. The minimum Gasteiger partial charge on any atom is -0.493 e. The highest BCUT2D eigenvalue weighted by Gasteiger charge is 2.12. The standard InChI is InChI=1S/C20H27NO4/c1-3-17(13-22)21-12-15-9-10-19(20(11-15)24-2)25-14-18(23)16-7-5-4-6-8-16/h4-11,17-18,21-23H,3,12-14H2,1-2H3/t17-,18+/m0/s1. The molecule has 3 N–H and O–H groups in total. The molecule has 0 fully saturated rings. The average Bonchev–Trinajstić information content (AvgIpc) is 2.67. The second kappa shape index (κ2) is 10.0. The van der Waals surface area contributed by atoms with Crippen molar-refractivity contribution < 1.29 is 19.7 Å². The molecule has 0 radical (unpaired) electrons. The summed E-state index contributed by atoms with van der Waals surface area (Å²) in [4.78, 5) is 0. The van der Waals surface area contributed by atoms with Crippen molar-refractivity contribution in [1.82, 2.24) is 5.32 Å². The van der Waals surface area contributed by atoms with E-state index in [-0.39, 0.29) is 19.3 Å². The first-order valence-corrected chi connectivity index (χ1v) is 8.54. The first kappa shape index (κ1) is 19.2. The van der Waals surface area contributed by atoms with Gasteiger partial charge in [0.1, 0.15) is 12.7 Å². The maximum atomic E-state index is 10.2. The SMILES string of the molecule is CC[C@@H](CO)NCc1ccc(OC[C@@H](O)c2ccccc2)c(OC)c1. The third kappa shape index (κ3) is 5.74. The Hall–Kier alpha value is -2.08. The number of benzene rings is 2. The number of aliphatic hydroxyl groups excluding tert-OH is 2. The minimum atomic E-state index is -0.692. The summed E-state index contributed by atoms with van der Waals surface area (Å²) in [6.07, 6.45) is 0.175. The summed E-state index contributed by atoms with van der Waals surface area (Å²) >= 11 is 0. The first-order chi connectivity index (χ1) is 12.2. The van der Waals surface area contributed by atoms with Gasteiger partial charge in [0.25, 0.3) is 0 Å². The number of methoxy groups -OCH3 is 1. The van der Waals surface area contributed by atoms with E-state index in [1.807, 2.05) is 55.5 Å². The van der Waals surface area contributed by atoms with E-state index in [4.69, 9.17) is 9.47 Å². The predicted octanol–water partition coefficient (Wildman–Crippen LogP) is 2.67. The van der Waals surface area contributed by atoms with Gasteiger partial charge < -0.3 is 25.0 Å². The molecule has 5 nitrogen and oxygen atoms in total. The lowest BCUT2D eigenvalue weighted by molar-refractivity contribution is 0.106. The zero-order valence-electron chi connectivity index (χ0n) is 14.8. The number of ether oxygens (including phenoxy) is 2. The van der Waals surface area contributed by atoms with Crippen molar-refractivity contribution in [2.75, 3.05) is 20.3 Å². The Kier molecular flexibility index (Phi) is 7.73. The van der Waals surface area contributed by atoms with Crippen LogP contribution in [-0.2, 0) is 6.54 Å². The van der Waals surface area contributed by atoms with Crippen LogP contribution in [0.15, 0.2) is 48.5 Å². The highest BCUT2D eigenvalue weighted by molar-refractivity contribution is 5.43. The van der Waals surface area contributed by atoms with Gasteiger partial charge in [-0.1, -0.05) is 43.3 Å². The number of hydrogen-bond donors (Lipinski definition) is 3. The Morgan fingerprint density at radius 1 is 1.08 bits per heavy atom. The summed E-state index contributed by atoms with van der Waals surface area (Å²) in [5.74, 6) is 1.21. The number of nitrogens with one attached hydrogen (secondary N) is 1. The van der Waals surface area contributed by atoms with Crippen LogP contribution in [0.4, 0.5) is 0 Å². The van der Waals surface area contributed by atoms with E-state index >= 15 is 0 Å². The second-order valence-electron chi connectivity index (χ2n) is 5.89. The van der Waals surface area contributed by atoms with Gasteiger partial charge in [0.15, 0.2) is 11.5 Å². The predicted molar refractivity (Wildman–Crippen MR) is 97.9 cm³/mol. The van der Waals surface area contributed by atoms with Crippen LogP contribution in [0.2, 0.25) is 0 Å². The number of rotatable bonds is 10. The van der Waals surface area contributed by atoms with Gasteiger partial charge in [-0.25, -0.2) is 0 Å². The Morgan fingerprint density at radius 2 is 1.84 bits per heavy atom. The normalized spacial score (nSPS) is 13.3. The summed E-state index contributed by atoms with van der Waals surface area (Å²) in [7, 11) is 1.59. The molecule has 0 unspecified atom stereocenters. The molecule has 25 heavy (non-hydrogen) atoms. The third-order valence-electron chi connectivity index (χ3n) is 4.12. The van der Waals surface area contributed by atoms with Crippen LogP contribution in [-0.4, -0.2) is 36.6 Å². The molecular weight excluding hydrogens is 318 g/mol. The summed E-state index contributed by atoms with van der Waals surface area (Å²) in [5.41, 5.74) is 1.86. The molecule has 0 saturated carbocycles. The van der Waals surface area contributed by atoms with E-state index in [1.54, 1.807) is 7.11 Å². The Bertz CT molecular complexity index is 629. The lowest BCUT2D eigenvalue weighted by atomic mass is 10.1. The lowest BCUT2D eigenvalue weighted by Crippen LogP contribution is -2.31. The quantitative estimate of drug-likeness (QED) is 0.618. The molecular formula is C20H27NO4. The molecule has 0 aliphatic carbocycles. The van der Waals surface area contributed by atoms with Gasteiger partial charge >= 0.3 is 0 Å². The van der Waals surface area contributed by atoms with Crippen LogP contribution in [0.5, 0.6) is 11.5 Å². The molecule has 0 aliphatic heterocycles. The largest absolute Gasteiger partial charge is 0.493 e. The smallest absolute Gasteiger partial charge is 0.161 e. The Balaban J connectivity index is 1.96. The molecule has 0 saturated heterocycles. The molecule has 0 aliphatic rings. The molecule has 136 valence electrons. The average molecular weight is 345 g/mol. The highest BCUT2D eigenvalue weighted by Crippen LogP contribution is 2.29. The van der Waals surface area contributed by atoms with E-state index in [2.05, 4.69) is 5.32 Å². The molecule has 0 heterocycles. The second-order valence-corrected chi connectivity index (χ2v) is 5.89. The van der Waals surface area contributed by atoms with Crippen molar-refractivity contribution in [3.8, 4) is 11.5 Å². The van der Waals surface area contributed by atoms with Gasteiger partial charge in [0.05, 0.1) is 13.7 Å². The fourth-order valence-electron chi connectivity index (χ4n) is 2.48. The molecule has 2 aromatic rings. The van der Waals surface area contributed by atoms with Crippen LogP contribution in [0, 0.1) is 0 Å². The van der Waals surface area contributed by atoms with Crippen molar-refractivity contribution in [1.29, 1.82) is 0 Å². The molecule has 2 atom stereocenters. The lowest BCUT2D eigenvalue weighted by Gasteiger charge is -2.17. The fraction of sp³-hybridized carbons (Fsp3) is 0.400. The van der Waals surface area contributed by atoms with Crippen molar-refractivity contribution in [3.63, 3.8) is 0 Å². The van der Waals surface area contributed by atoms with Crippen LogP contribution in [0.1, 0.15) is 30.6 Å². The maximum absolute atomic E-state index is 10.2. The van der Waals surface area contributed by atoms with Gasteiger partial charge in [-0.2, -0.15) is 0 Å².